The van der Waals surface area contributed by atoms with Gasteiger partial charge in [0.05, 0.1) is 0 Å². The van der Waals surface area contributed by atoms with Crippen LogP contribution in [0.4, 0.5) is 5.69 Å². The highest BCUT2D eigenvalue weighted by atomic mass is 16.6. The SMILES string of the molecule is COC1C(OCCC2CCCCC2)c2cc(NCc3ccccc3)ccc2OC1(C)C. The van der Waals surface area contributed by atoms with E-state index in [1.807, 2.05) is 6.07 Å². The summed E-state index contributed by atoms with van der Waals surface area (Å²) in [5.41, 5.74) is 2.96. The van der Waals surface area contributed by atoms with Crippen molar-refractivity contribution in [3.8, 4) is 5.75 Å². The molecule has 2 aromatic rings. The van der Waals surface area contributed by atoms with Crippen LogP contribution in [-0.2, 0) is 16.0 Å². The first-order valence-electron chi connectivity index (χ1n) is 11.8. The van der Waals surface area contributed by atoms with E-state index in [-0.39, 0.29) is 12.2 Å². The van der Waals surface area contributed by atoms with Gasteiger partial charge in [-0.2, -0.15) is 0 Å². The fourth-order valence-electron chi connectivity index (χ4n) is 5.06. The minimum Gasteiger partial charge on any atom is -0.485 e. The van der Waals surface area contributed by atoms with E-state index in [4.69, 9.17) is 14.2 Å². The topological polar surface area (TPSA) is 39.7 Å². The van der Waals surface area contributed by atoms with Gasteiger partial charge in [-0.3, -0.25) is 0 Å². The Kier molecular flexibility index (Phi) is 7.19. The van der Waals surface area contributed by atoms with Crippen LogP contribution < -0.4 is 10.1 Å². The number of methoxy groups -OCH3 is 1. The van der Waals surface area contributed by atoms with Crippen molar-refractivity contribution < 1.29 is 14.2 Å². The number of nitrogens with one attached hydrogen (secondary N) is 1. The lowest BCUT2D eigenvalue weighted by atomic mass is 9.86. The Morgan fingerprint density at radius 2 is 1.81 bits per heavy atom. The Hall–Kier alpha value is -2.04. The second-order valence-electron chi connectivity index (χ2n) is 9.54. The van der Waals surface area contributed by atoms with E-state index < -0.39 is 5.60 Å². The van der Waals surface area contributed by atoms with Crippen molar-refractivity contribution in [3.63, 3.8) is 0 Å². The van der Waals surface area contributed by atoms with Crippen LogP contribution in [0.15, 0.2) is 48.5 Å². The number of ether oxygens (including phenoxy) is 3. The number of hydrogen-bond acceptors (Lipinski definition) is 4. The molecule has 2 unspecified atom stereocenters. The smallest absolute Gasteiger partial charge is 0.132 e. The van der Waals surface area contributed by atoms with Crippen molar-refractivity contribution >= 4 is 5.69 Å². The third kappa shape index (κ3) is 5.42. The molecule has 4 nitrogen and oxygen atoms in total. The summed E-state index contributed by atoms with van der Waals surface area (Å²) >= 11 is 0. The van der Waals surface area contributed by atoms with Gasteiger partial charge in [0.1, 0.15) is 23.6 Å². The Balaban J connectivity index is 1.49. The predicted molar refractivity (Wildman–Crippen MR) is 126 cm³/mol. The minimum atomic E-state index is -0.448. The number of fused-ring (bicyclic) bond motifs is 1. The summed E-state index contributed by atoms with van der Waals surface area (Å²) in [6.07, 6.45) is 7.67. The minimum absolute atomic E-state index is 0.134. The molecular weight excluding hydrogens is 386 g/mol. The summed E-state index contributed by atoms with van der Waals surface area (Å²) in [7, 11) is 1.76. The van der Waals surface area contributed by atoms with Gasteiger partial charge < -0.3 is 19.5 Å². The number of hydrogen-bond donors (Lipinski definition) is 1. The predicted octanol–water partition coefficient (Wildman–Crippen LogP) is 6.51. The Morgan fingerprint density at radius 3 is 2.55 bits per heavy atom. The molecule has 2 aromatic carbocycles. The zero-order valence-corrected chi connectivity index (χ0v) is 19.2. The lowest BCUT2D eigenvalue weighted by Crippen LogP contribution is -2.50. The first kappa shape index (κ1) is 22.2. The molecule has 0 aromatic heterocycles. The monoisotopic (exact) mass is 423 g/mol. The molecule has 2 aliphatic rings. The molecular formula is C27H37NO3. The van der Waals surface area contributed by atoms with Crippen molar-refractivity contribution in [3.05, 3.63) is 59.7 Å². The van der Waals surface area contributed by atoms with E-state index in [0.717, 1.165) is 42.5 Å². The first-order chi connectivity index (χ1) is 15.1. The summed E-state index contributed by atoms with van der Waals surface area (Å²) in [4.78, 5) is 0. The zero-order valence-electron chi connectivity index (χ0n) is 19.2. The van der Waals surface area contributed by atoms with Crippen LogP contribution in [0, 0.1) is 5.92 Å². The lowest BCUT2D eigenvalue weighted by molar-refractivity contribution is -0.151. The maximum Gasteiger partial charge on any atom is 0.132 e. The van der Waals surface area contributed by atoms with Crippen LogP contribution in [0.3, 0.4) is 0 Å². The van der Waals surface area contributed by atoms with Crippen LogP contribution >= 0.6 is 0 Å². The second kappa shape index (κ2) is 10.1. The number of rotatable bonds is 8. The van der Waals surface area contributed by atoms with Crippen LogP contribution in [0.5, 0.6) is 5.75 Å². The highest BCUT2D eigenvalue weighted by molar-refractivity contribution is 5.53. The van der Waals surface area contributed by atoms with Gasteiger partial charge >= 0.3 is 0 Å². The van der Waals surface area contributed by atoms with E-state index >= 15 is 0 Å². The van der Waals surface area contributed by atoms with Crippen LogP contribution in [0.2, 0.25) is 0 Å². The molecule has 0 radical (unpaired) electrons. The molecule has 1 N–H and O–H groups in total. The van der Waals surface area contributed by atoms with Gasteiger partial charge in [-0.15, -0.1) is 0 Å². The van der Waals surface area contributed by atoms with Gasteiger partial charge in [0.25, 0.3) is 0 Å². The summed E-state index contributed by atoms with van der Waals surface area (Å²) < 4.78 is 18.8. The van der Waals surface area contributed by atoms with Crippen LogP contribution in [0.1, 0.15) is 69.6 Å². The number of anilines is 1. The van der Waals surface area contributed by atoms with E-state index in [2.05, 4.69) is 61.6 Å². The third-order valence-electron chi connectivity index (χ3n) is 6.79. The van der Waals surface area contributed by atoms with Crippen molar-refractivity contribution in [1.29, 1.82) is 0 Å². The summed E-state index contributed by atoms with van der Waals surface area (Å²) in [6, 6.07) is 16.8. The molecule has 4 heteroatoms. The van der Waals surface area contributed by atoms with Gasteiger partial charge in [-0.25, -0.2) is 0 Å². The summed E-state index contributed by atoms with van der Waals surface area (Å²) in [5.74, 6) is 1.70. The molecule has 1 heterocycles. The zero-order chi connectivity index (χ0) is 21.7. The Labute approximate surface area is 187 Å². The lowest BCUT2D eigenvalue weighted by Gasteiger charge is -2.44. The van der Waals surface area contributed by atoms with Crippen LogP contribution in [0.25, 0.3) is 0 Å². The van der Waals surface area contributed by atoms with Crippen molar-refractivity contribution in [2.24, 2.45) is 5.92 Å². The molecule has 0 saturated heterocycles. The molecule has 2 atom stereocenters. The molecule has 1 saturated carbocycles. The molecule has 4 rings (SSSR count). The molecule has 0 spiro atoms. The van der Waals surface area contributed by atoms with Gasteiger partial charge in [-0.05, 0) is 49.9 Å². The fraction of sp³-hybridized carbons (Fsp3) is 0.556. The summed E-state index contributed by atoms with van der Waals surface area (Å²) in [5, 5.41) is 3.54. The maximum atomic E-state index is 6.54. The third-order valence-corrected chi connectivity index (χ3v) is 6.79. The van der Waals surface area contributed by atoms with Gasteiger partial charge in [0.2, 0.25) is 0 Å². The van der Waals surface area contributed by atoms with E-state index in [1.54, 1.807) is 7.11 Å². The number of benzene rings is 2. The average Bonchev–Trinajstić information content (AvgIpc) is 2.78. The largest absolute Gasteiger partial charge is 0.485 e. The normalized spacial score (nSPS) is 23.1. The molecule has 0 bridgehead atoms. The van der Waals surface area contributed by atoms with Gasteiger partial charge in [0.15, 0.2) is 0 Å². The quantitative estimate of drug-likeness (QED) is 0.525. The highest BCUT2D eigenvalue weighted by Crippen LogP contribution is 2.44. The van der Waals surface area contributed by atoms with E-state index in [1.165, 1.54) is 37.7 Å². The van der Waals surface area contributed by atoms with Crippen LogP contribution in [-0.4, -0.2) is 25.4 Å². The Bertz CT molecular complexity index is 830. The molecule has 1 aliphatic heterocycles. The van der Waals surface area contributed by atoms with Crippen molar-refractivity contribution in [1.82, 2.24) is 0 Å². The highest BCUT2D eigenvalue weighted by Gasteiger charge is 2.45. The molecule has 0 amide bonds. The summed E-state index contributed by atoms with van der Waals surface area (Å²) in [6.45, 7) is 5.73. The molecule has 168 valence electrons. The van der Waals surface area contributed by atoms with E-state index in [9.17, 15) is 0 Å². The van der Waals surface area contributed by atoms with E-state index in [0.29, 0.717) is 0 Å². The molecule has 1 aliphatic carbocycles. The second-order valence-corrected chi connectivity index (χ2v) is 9.54. The first-order valence-corrected chi connectivity index (χ1v) is 11.8. The molecule has 1 fully saturated rings. The van der Waals surface area contributed by atoms with Crippen molar-refractivity contribution in [2.75, 3.05) is 19.0 Å². The maximum absolute atomic E-state index is 6.54. The molecule has 31 heavy (non-hydrogen) atoms. The van der Waals surface area contributed by atoms with Gasteiger partial charge in [-0.1, -0.05) is 62.4 Å². The standard InChI is InChI=1S/C27H37NO3/c1-27(2)26(29-3)25(30-17-16-20-10-6-4-7-11-20)23-18-22(14-15-24(23)31-27)28-19-21-12-8-5-9-13-21/h5,8-9,12-15,18,20,25-26,28H,4,6-7,10-11,16-17,19H2,1-3H3. The Morgan fingerprint density at radius 1 is 1.03 bits per heavy atom. The average molecular weight is 424 g/mol. The van der Waals surface area contributed by atoms with Gasteiger partial charge in [0, 0.05) is 31.5 Å². The fourth-order valence-corrected chi connectivity index (χ4v) is 5.06. The van der Waals surface area contributed by atoms with Crippen molar-refractivity contribution in [2.45, 2.75) is 76.7 Å².